The van der Waals surface area contributed by atoms with Gasteiger partial charge in [0.15, 0.2) is 0 Å². The van der Waals surface area contributed by atoms with Gasteiger partial charge >= 0.3 is 0 Å². The van der Waals surface area contributed by atoms with Crippen LogP contribution in [0.2, 0.25) is 0 Å². The van der Waals surface area contributed by atoms with Gasteiger partial charge in [0.05, 0.1) is 0 Å². The Morgan fingerprint density at radius 1 is 0.636 bits per heavy atom. The molecule has 3 aromatic rings. The first-order valence-electron chi connectivity index (χ1n) is 7.73. The zero-order valence-corrected chi connectivity index (χ0v) is 13.4. The molecule has 0 aliphatic heterocycles. The number of benzene rings is 3. The van der Waals surface area contributed by atoms with Gasteiger partial charge in [-0.1, -0.05) is 93.6 Å². The molecule has 0 aromatic heterocycles. The summed E-state index contributed by atoms with van der Waals surface area (Å²) in [5.41, 5.74) is 6.21. The van der Waals surface area contributed by atoms with Crippen molar-refractivity contribution in [2.75, 3.05) is 0 Å². The smallest absolute Gasteiger partial charge is 0.00112 e. The molecule has 0 aliphatic carbocycles. The Balaban J connectivity index is 2.20. The van der Waals surface area contributed by atoms with Gasteiger partial charge in [0.25, 0.3) is 0 Å². The summed E-state index contributed by atoms with van der Waals surface area (Å²) < 4.78 is 0. The Labute approximate surface area is 133 Å². The van der Waals surface area contributed by atoms with E-state index in [9.17, 15) is 0 Å². The first kappa shape index (κ1) is 14.6. The minimum atomic E-state index is 0.0941. The van der Waals surface area contributed by atoms with E-state index in [0.717, 1.165) is 5.56 Å². The highest BCUT2D eigenvalue weighted by molar-refractivity contribution is 5.75. The Kier molecular flexibility index (Phi) is 3.85. The van der Waals surface area contributed by atoms with Crippen molar-refractivity contribution in [2.45, 2.75) is 26.2 Å². The van der Waals surface area contributed by atoms with Crippen LogP contribution >= 0.6 is 0 Å². The van der Waals surface area contributed by atoms with Crippen LogP contribution in [0.15, 0.2) is 72.8 Å². The zero-order chi connectivity index (χ0) is 15.6. The van der Waals surface area contributed by atoms with E-state index >= 15 is 0 Å². The van der Waals surface area contributed by atoms with Gasteiger partial charge < -0.3 is 0 Å². The van der Waals surface area contributed by atoms with E-state index in [4.69, 9.17) is 0 Å². The summed E-state index contributed by atoms with van der Waals surface area (Å²) in [5, 5.41) is 0. The fraction of sp³-hybridized carbons (Fsp3) is 0.182. The van der Waals surface area contributed by atoms with Crippen LogP contribution in [0.5, 0.6) is 0 Å². The van der Waals surface area contributed by atoms with Gasteiger partial charge in [-0.25, -0.2) is 0 Å². The van der Waals surface area contributed by atoms with Crippen LogP contribution in [0.1, 0.15) is 26.3 Å². The second kappa shape index (κ2) is 5.81. The van der Waals surface area contributed by atoms with E-state index in [0.29, 0.717) is 0 Å². The molecule has 0 heterocycles. The lowest BCUT2D eigenvalue weighted by Crippen LogP contribution is -2.12. The first-order valence-corrected chi connectivity index (χ1v) is 7.73. The summed E-state index contributed by atoms with van der Waals surface area (Å²) in [7, 11) is 0. The predicted octanol–water partition coefficient (Wildman–Crippen LogP) is 6.12. The van der Waals surface area contributed by atoms with Crippen molar-refractivity contribution in [3.8, 4) is 22.3 Å². The quantitative estimate of drug-likeness (QED) is 0.532. The van der Waals surface area contributed by atoms with Crippen LogP contribution in [-0.2, 0) is 5.41 Å². The van der Waals surface area contributed by atoms with Crippen molar-refractivity contribution < 1.29 is 0 Å². The van der Waals surface area contributed by atoms with Crippen molar-refractivity contribution >= 4 is 0 Å². The van der Waals surface area contributed by atoms with Crippen LogP contribution < -0.4 is 0 Å². The molecule has 0 fully saturated rings. The van der Waals surface area contributed by atoms with E-state index in [-0.39, 0.29) is 5.41 Å². The summed E-state index contributed by atoms with van der Waals surface area (Å²) in [6.45, 7) is 6.76. The normalized spacial score (nSPS) is 11.4. The average molecular weight is 285 g/mol. The number of hydrogen-bond donors (Lipinski definition) is 0. The first-order chi connectivity index (χ1) is 10.6. The maximum atomic E-state index is 3.65. The van der Waals surface area contributed by atoms with E-state index in [1.807, 2.05) is 6.07 Å². The third-order valence-electron chi connectivity index (χ3n) is 3.90. The van der Waals surface area contributed by atoms with E-state index in [1.54, 1.807) is 0 Å². The molecule has 0 spiro atoms. The molecule has 0 N–H and O–H groups in total. The van der Waals surface area contributed by atoms with Gasteiger partial charge in [-0.15, -0.1) is 0 Å². The Morgan fingerprint density at radius 2 is 1.18 bits per heavy atom. The zero-order valence-electron chi connectivity index (χ0n) is 13.4. The molecule has 0 nitrogen and oxygen atoms in total. The Hall–Kier alpha value is -2.34. The maximum absolute atomic E-state index is 3.65. The van der Waals surface area contributed by atoms with Crippen LogP contribution in [0.25, 0.3) is 22.3 Å². The van der Waals surface area contributed by atoms with Crippen LogP contribution in [0, 0.1) is 6.07 Å². The standard InChI is InChI=1S/C22H21/c1-22(2,3)21-15-14-19(17-10-6-4-7-11-17)16-20(21)18-12-8-5-9-13-18/h4-15H,1-3H3. The summed E-state index contributed by atoms with van der Waals surface area (Å²) in [4.78, 5) is 0. The van der Waals surface area contributed by atoms with Gasteiger partial charge in [-0.3, -0.25) is 0 Å². The Morgan fingerprint density at radius 3 is 1.73 bits per heavy atom. The molecule has 0 amide bonds. The minimum Gasteiger partial charge on any atom is -0.0622 e. The molecule has 1 radical (unpaired) electrons. The third kappa shape index (κ3) is 2.96. The van der Waals surface area contributed by atoms with Gasteiger partial charge in [-0.2, -0.15) is 0 Å². The lowest BCUT2D eigenvalue weighted by atomic mass is 9.80. The van der Waals surface area contributed by atoms with Crippen molar-refractivity contribution in [2.24, 2.45) is 0 Å². The van der Waals surface area contributed by atoms with Crippen molar-refractivity contribution in [3.63, 3.8) is 0 Å². The van der Waals surface area contributed by atoms with Crippen molar-refractivity contribution in [1.82, 2.24) is 0 Å². The van der Waals surface area contributed by atoms with Gasteiger partial charge in [0.2, 0.25) is 0 Å². The molecular formula is C22H21. The molecule has 0 unspecified atom stereocenters. The summed E-state index contributed by atoms with van der Waals surface area (Å²) in [6.07, 6.45) is 0. The molecule has 3 aromatic carbocycles. The predicted molar refractivity (Wildman–Crippen MR) is 94.9 cm³/mol. The highest BCUT2D eigenvalue weighted by atomic mass is 14.2. The van der Waals surface area contributed by atoms with E-state index in [2.05, 4.69) is 93.6 Å². The number of hydrogen-bond acceptors (Lipinski definition) is 0. The van der Waals surface area contributed by atoms with Gasteiger partial charge in [0, 0.05) is 0 Å². The van der Waals surface area contributed by atoms with E-state index in [1.165, 1.54) is 22.3 Å². The van der Waals surface area contributed by atoms with Gasteiger partial charge in [0.1, 0.15) is 0 Å². The molecule has 109 valence electrons. The fourth-order valence-corrected chi connectivity index (χ4v) is 2.74. The minimum absolute atomic E-state index is 0.0941. The Bertz CT molecular complexity index is 747. The van der Waals surface area contributed by atoms with Gasteiger partial charge in [-0.05, 0) is 39.3 Å². The molecule has 22 heavy (non-hydrogen) atoms. The van der Waals surface area contributed by atoms with Crippen LogP contribution in [0.3, 0.4) is 0 Å². The van der Waals surface area contributed by atoms with E-state index < -0.39 is 0 Å². The lowest BCUT2D eigenvalue weighted by Gasteiger charge is -2.23. The van der Waals surface area contributed by atoms with Crippen LogP contribution in [0.4, 0.5) is 0 Å². The summed E-state index contributed by atoms with van der Waals surface area (Å²) in [6, 6.07) is 29.1. The van der Waals surface area contributed by atoms with Crippen LogP contribution in [-0.4, -0.2) is 0 Å². The molecule has 0 atom stereocenters. The molecule has 3 rings (SSSR count). The van der Waals surface area contributed by atoms with Crippen molar-refractivity contribution in [1.29, 1.82) is 0 Å². The summed E-state index contributed by atoms with van der Waals surface area (Å²) >= 11 is 0. The third-order valence-corrected chi connectivity index (χ3v) is 3.90. The second-order valence-corrected chi connectivity index (χ2v) is 6.64. The highest BCUT2D eigenvalue weighted by Crippen LogP contribution is 2.35. The molecule has 0 aliphatic rings. The molecule has 0 saturated heterocycles. The topological polar surface area (TPSA) is 0 Å². The molecule has 0 saturated carbocycles. The lowest BCUT2D eigenvalue weighted by molar-refractivity contribution is 0.592. The monoisotopic (exact) mass is 285 g/mol. The average Bonchev–Trinajstić information content (AvgIpc) is 2.55. The molecular weight excluding hydrogens is 264 g/mol. The fourth-order valence-electron chi connectivity index (χ4n) is 2.74. The van der Waals surface area contributed by atoms with Crippen molar-refractivity contribution in [3.05, 3.63) is 84.4 Å². The summed E-state index contributed by atoms with van der Waals surface area (Å²) in [5.74, 6) is 0. The largest absolute Gasteiger partial charge is 0.0622 e. The molecule has 0 bridgehead atoms. The number of rotatable bonds is 2. The molecule has 0 heteroatoms. The maximum Gasteiger partial charge on any atom is -0.00112 e. The SMILES string of the molecule is CC(C)(C)c1ccc(-c2ccccc2)[c]c1-c1ccccc1. The second-order valence-electron chi connectivity index (χ2n) is 6.64. The highest BCUT2D eigenvalue weighted by Gasteiger charge is 2.19.